The van der Waals surface area contributed by atoms with Crippen LogP contribution in [0.5, 0.6) is 0 Å². The SMILES string of the molecule is CC(C)CC(C)(N)c1cccc(Br)c1. The summed E-state index contributed by atoms with van der Waals surface area (Å²) in [5, 5.41) is 0. The van der Waals surface area contributed by atoms with Crippen molar-refractivity contribution in [2.45, 2.75) is 32.7 Å². The molecule has 0 saturated heterocycles. The lowest BCUT2D eigenvalue weighted by Crippen LogP contribution is -2.34. The molecule has 2 N–H and O–H groups in total. The summed E-state index contributed by atoms with van der Waals surface area (Å²) in [7, 11) is 0. The lowest BCUT2D eigenvalue weighted by atomic mass is 9.85. The number of nitrogens with two attached hydrogens (primary N) is 1. The van der Waals surface area contributed by atoms with Crippen molar-refractivity contribution in [1.29, 1.82) is 0 Å². The zero-order valence-electron chi connectivity index (χ0n) is 9.05. The number of rotatable bonds is 3. The fraction of sp³-hybridized carbons (Fsp3) is 0.500. The summed E-state index contributed by atoms with van der Waals surface area (Å²) in [6.45, 7) is 6.49. The summed E-state index contributed by atoms with van der Waals surface area (Å²) in [4.78, 5) is 0. The van der Waals surface area contributed by atoms with Gasteiger partial charge in [0.2, 0.25) is 0 Å². The Morgan fingerprint density at radius 1 is 1.43 bits per heavy atom. The second-order valence-corrected chi connectivity index (χ2v) is 5.44. The van der Waals surface area contributed by atoms with Crippen molar-refractivity contribution in [2.75, 3.05) is 0 Å². The molecule has 0 fully saturated rings. The van der Waals surface area contributed by atoms with E-state index in [2.05, 4.69) is 48.8 Å². The van der Waals surface area contributed by atoms with Gasteiger partial charge >= 0.3 is 0 Å². The third kappa shape index (κ3) is 3.10. The Hall–Kier alpha value is -0.340. The molecule has 0 aliphatic rings. The molecule has 78 valence electrons. The van der Waals surface area contributed by atoms with Crippen LogP contribution < -0.4 is 5.73 Å². The maximum Gasteiger partial charge on any atom is 0.0383 e. The van der Waals surface area contributed by atoms with E-state index in [0.717, 1.165) is 10.9 Å². The zero-order chi connectivity index (χ0) is 10.8. The van der Waals surface area contributed by atoms with E-state index in [1.807, 2.05) is 12.1 Å². The van der Waals surface area contributed by atoms with Gasteiger partial charge in [-0.2, -0.15) is 0 Å². The van der Waals surface area contributed by atoms with Crippen molar-refractivity contribution in [1.82, 2.24) is 0 Å². The van der Waals surface area contributed by atoms with Crippen LogP contribution in [-0.4, -0.2) is 0 Å². The Kier molecular flexibility index (Phi) is 3.73. The number of halogens is 1. The molecule has 0 aliphatic carbocycles. The van der Waals surface area contributed by atoms with Crippen LogP contribution in [0.4, 0.5) is 0 Å². The highest BCUT2D eigenvalue weighted by Crippen LogP contribution is 2.27. The molecule has 0 spiro atoms. The highest BCUT2D eigenvalue weighted by molar-refractivity contribution is 9.10. The maximum atomic E-state index is 6.29. The van der Waals surface area contributed by atoms with E-state index < -0.39 is 0 Å². The average Bonchev–Trinajstić information content (AvgIpc) is 2.01. The second-order valence-electron chi connectivity index (χ2n) is 4.53. The zero-order valence-corrected chi connectivity index (χ0v) is 10.6. The molecule has 1 aromatic rings. The Bertz CT molecular complexity index is 305. The lowest BCUT2D eigenvalue weighted by molar-refractivity contribution is 0.380. The average molecular weight is 256 g/mol. The summed E-state index contributed by atoms with van der Waals surface area (Å²) in [6.07, 6.45) is 1.00. The van der Waals surface area contributed by atoms with Crippen molar-refractivity contribution >= 4 is 15.9 Å². The topological polar surface area (TPSA) is 26.0 Å². The highest BCUT2D eigenvalue weighted by Gasteiger charge is 2.22. The summed E-state index contributed by atoms with van der Waals surface area (Å²) in [6, 6.07) is 8.25. The van der Waals surface area contributed by atoms with E-state index in [9.17, 15) is 0 Å². The van der Waals surface area contributed by atoms with E-state index in [1.165, 1.54) is 5.56 Å². The van der Waals surface area contributed by atoms with Crippen LogP contribution in [-0.2, 0) is 5.54 Å². The van der Waals surface area contributed by atoms with Gasteiger partial charge in [-0.15, -0.1) is 0 Å². The lowest BCUT2D eigenvalue weighted by Gasteiger charge is -2.27. The highest BCUT2D eigenvalue weighted by atomic mass is 79.9. The first-order valence-corrected chi connectivity index (χ1v) is 5.76. The summed E-state index contributed by atoms with van der Waals surface area (Å²) in [5.41, 5.74) is 7.26. The third-order valence-electron chi connectivity index (χ3n) is 2.32. The Balaban J connectivity index is 2.91. The first-order chi connectivity index (χ1) is 6.42. The fourth-order valence-corrected chi connectivity index (χ4v) is 2.21. The third-order valence-corrected chi connectivity index (χ3v) is 2.81. The van der Waals surface area contributed by atoms with Gasteiger partial charge in [0.05, 0.1) is 0 Å². The van der Waals surface area contributed by atoms with Gasteiger partial charge in [0.1, 0.15) is 0 Å². The molecule has 1 aromatic carbocycles. The van der Waals surface area contributed by atoms with Crippen LogP contribution in [0.15, 0.2) is 28.7 Å². The van der Waals surface area contributed by atoms with Gasteiger partial charge in [-0.25, -0.2) is 0 Å². The van der Waals surface area contributed by atoms with Crippen molar-refractivity contribution in [3.05, 3.63) is 34.3 Å². The number of benzene rings is 1. The van der Waals surface area contributed by atoms with Gasteiger partial charge in [0.25, 0.3) is 0 Å². The van der Waals surface area contributed by atoms with Crippen LogP contribution in [0.3, 0.4) is 0 Å². The molecule has 0 bridgehead atoms. The molecule has 14 heavy (non-hydrogen) atoms. The largest absolute Gasteiger partial charge is 0.322 e. The Labute approximate surface area is 94.8 Å². The van der Waals surface area contributed by atoms with Gasteiger partial charge in [0.15, 0.2) is 0 Å². The Morgan fingerprint density at radius 2 is 2.07 bits per heavy atom. The minimum atomic E-state index is -0.224. The van der Waals surface area contributed by atoms with Crippen molar-refractivity contribution in [3.63, 3.8) is 0 Å². The normalized spacial score (nSPS) is 15.6. The molecule has 0 aromatic heterocycles. The Morgan fingerprint density at radius 3 is 2.57 bits per heavy atom. The van der Waals surface area contributed by atoms with Crippen LogP contribution >= 0.6 is 15.9 Å². The maximum absolute atomic E-state index is 6.29. The standard InChI is InChI=1S/C12H18BrN/c1-9(2)8-12(3,14)10-5-4-6-11(13)7-10/h4-7,9H,8,14H2,1-3H3. The monoisotopic (exact) mass is 255 g/mol. The van der Waals surface area contributed by atoms with E-state index in [-0.39, 0.29) is 5.54 Å². The second kappa shape index (κ2) is 4.45. The van der Waals surface area contributed by atoms with E-state index >= 15 is 0 Å². The molecule has 0 heterocycles. The van der Waals surface area contributed by atoms with Crippen LogP contribution in [0.2, 0.25) is 0 Å². The van der Waals surface area contributed by atoms with Gasteiger partial charge in [-0.1, -0.05) is 41.9 Å². The molecule has 1 nitrogen and oxygen atoms in total. The minimum absolute atomic E-state index is 0.224. The first-order valence-electron chi connectivity index (χ1n) is 4.97. The van der Waals surface area contributed by atoms with Crippen LogP contribution in [0.25, 0.3) is 0 Å². The van der Waals surface area contributed by atoms with Crippen LogP contribution in [0, 0.1) is 5.92 Å². The number of hydrogen-bond acceptors (Lipinski definition) is 1. The fourth-order valence-electron chi connectivity index (χ4n) is 1.81. The molecule has 1 atom stereocenters. The van der Waals surface area contributed by atoms with E-state index in [1.54, 1.807) is 0 Å². The first kappa shape index (κ1) is 11.7. The van der Waals surface area contributed by atoms with Crippen molar-refractivity contribution in [2.24, 2.45) is 11.7 Å². The van der Waals surface area contributed by atoms with E-state index in [4.69, 9.17) is 5.73 Å². The minimum Gasteiger partial charge on any atom is -0.322 e. The van der Waals surface area contributed by atoms with Crippen molar-refractivity contribution < 1.29 is 0 Å². The molecule has 1 rings (SSSR count). The molecule has 2 heteroatoms. The van der Waals surface area contributed by atoms with Crippen molar-refractivity contribution in [3.8, 4) is 0 Å². The summed E-state index contributed by atoms with van der Waals surface area (Å²) >= 11 is 3.47. The van der Waals surface area contributed by atoms with Gasteiger partial charge in [-0.3, -0.25) is 0 Å². The molecule has 0 aliphatic heterocycles. The molecule has 0 saturated carbocycles. The molecule has 0 radical (unpaired) electrons. The van der Waals surface area contributed by atoms with Gasteiger partial charge < -0.3 is 5.73 Å². The molecule has 1 unspecified atom stereocenters. The predicted octanol–water partition coefficient (Wildman–Crippen LogP) is 3.67. The molecular weight excluding hydrogens is 238 g/mol. The molecular formula is C12H18BrN. The quantitative estimate of drug-likeness (QED) is 0.877. The summed E-state index contributed by atoms with van der Waals surface area (Å²) in [5.74, 6) is 0.615. The van der Waals surface area contributed by atoms with E-state index in [0.29, 0.717) is 5.92 Å². The number of hydrogen-bond donors (Lipinski definition) is 1. The van der Waals surface area contributed by atoms with Crippen LogP contribution in [0.1, 0.15) is 32.8 Å². The summed E-state index contributed by atoms with van der Waals surface area (Å²) < 4.78 is 1.09. The van der Waals surface area contributed by atoms with Gasteiger partial charge in [-0.05, 0) is 37.0 Å². The predicted molar refractivity (Wildman–Crippen MR) is 65.1 cm³/mol. The molecule has 0 amide bonds. The smallest absolute Gasteiger partial charge is 0.0383 e. The van der Waals surface area contributed by atoms with Gasteiger partial charge in [0, 0.05) is 10.0 Å².